The highest BCUT2D eigenvalue weighted by molar-refractivity contribution is 5.17. The van der Waals surface area contributed by atoms with E-state index in [1.165, 1.54) is 0 Å². The number of ether oxygens (including phenoxy) is 5. The quantitative estimate of drug-likeness (QED) is 0.342. The Hall–Kier alpha value is -1.02. The summed E-state index contributed by atoms with van der Waals surface area (Å²) in [4.78, 5) is 0. The summed E-state index contributed by atoms with van der Waals surface area (Å²) < 4.78 is 27.2. The molecule has 25 heavy (non-hydrogen) atoms. The van der Waals surface area contributed by atoms with Crippen molar-refractivity contribution >= 4 is 0 Å². The third-order valence-corrected chi connectivity index (χ3v) is 3.47. The zero-order valence-electron chi connectivity index (χ0n) is 15.2. The number of aliphatic hydroxyl groups is 1. The summed E-state index contributed by atoms with van der Waals surface area (Å²) in [5, 5.41) is 9.01. The highest BCUT2D eigenvalue weighted by Gasteiger charge is 2.11. The van der Waals surface area contributed by atoms with E-state index in [2.05, 4.69) is 0 Å². The van der Waals surface area contributed by atoms with Crippen LogP contribution >= 0.6 is 0 Å². The smallest absolute Gasteiger partial charge is 0.147 e. The van der Waals surface area contributed by atoms with E-state index >= 15 is 0 Å². The first-order valence-electron chi connectivity index (χ1n) is 8.96. The Morgan fingerprint density at radius 2 is 1.44 bits per heavy atom. The molecular formula is C19H32O6. The van der Waals surface area contributed by atoms with Crippen LogP contribution in [0.5, 0.6) is 0 Å². The minimum atomic E-state index is -0.0620. The van der Waals surface area contributed by atoms with Crippen LogP contribution in [-0.2, 0) is 23.7 Å². The van der Waals surface area contributed by atoms with Crippen molar-refractivity contribution in [3.63, 3.8) is 0 Å². The summed E-state index contributed by atoms with van der Waals surface area (Å²) >= 11 is 0. The van der Waals surface area contributed by atoms with E-state index in [0.717, 1.165) is 12.0 Å². The van der Waals surface area contributed by atoms with E-state index in [-0.39, 0.29) is 19.5 Å². The highest BCUT2D eigenvalue weighted by Crippen LogP contribution is 2.22. The second-order valence-corrected chi connectivity index (χ2v) is 5.38. The summed E-state index contributed by atoms with van der Waals surface area (Å²) in [6.07, 6.45) is 1.40. The number of hydrogen-bond donors (Lipinski definition) is 1. The molecule has 0 aliphatic rings. The third-order valence-electron chi connectivity index (χ3n) is 3.47. The predicted molar refractivity (Wildman–Crippen MR) is 95.5 cm³/mol. The maximum atomic E-state index is 9.01. The molecule has 0 aliphatic heterocycles. The van der Waals surface area contributed by atoms with Crippen molar-refractivity contribution in [2.75, 3.05) is 59.6 Å². The minimum absolute atomic E-state index is 0.0620. The molecule has 0 spiro atoms. The van der Waals surface area contributed by atoms with Gasteiger partial charge in [-0.25, -0.2) is 0 Å². The monoisotopic (exact) mass is 356 g/mol. The second kappa shape index (κ2) is 16.4. The molecule has 0 aliphatic carbocycles. The lowest BCUT2D eigenvalue weighted by molar-refractivity contribution is -0.106. The fourth-order valence-corrected chi connectivity index (χ4v) is 2.18. The zero-order chi connectivity index (χ0) is 18.0. The lowest BCUT2D eigenvalue weighted by Crippen LogP contribution is -2.14. The van der Waals surface area contributed by atoms with Crippen LogP contribution in [-0.4, -0.2) is 64.8 Å². The Balaban J connectivity index is 2.01. The molecule has 0 fully saturated rings. The average Bonchev–Trinajstić information content (AvgIpc) is 2.65. The standard InChI is InChI=1S/C19H32O6/c1-2-21-11-12-22-13-14-23-15-16-24-17-25-19(9-6-10-20)18-7-4-3-5-8-18/h3-5,7-8,19-20H,2,6,9-17H2,1H3. The molecule has 1 unspecified atom stereocenters. The third kappa shape index (κ3) is 12.0. The maximum Gasteiger partial charge on any atom is 0.147 e. The van der Waals surface area contributed by atoms with Gasteiger partial charge in [0.15, 0.2) is 0 Å². The molecular weight excluding hydrogens is 324 g/mol. The fourth-order valence-electron chi connectivity index (χ4n) is 2.18. The normalized spacial score (nSPS) is 12.4. The Morgan fingerprint density at radius 1 is 0.840 bits per heavy atom. The minimum Gasteiger partial charge on any atom is -0.396 e. The summed E-state index contributed by atoms with van der Waals surface area (Å²) in [5.41, 5.74) is 1.10. The van der Waals surface area contributed by atoms with Crippen molar-refractivity contribution in [1.82, 2.24) is 0 Å². The van der Waals surface area contributed by atoms with Crippen molar-refractivity contribution in [3.8, 4) is 0 Å². The van der Waals surface area contributed by atoms with Crippen molar-refractivity contribution < 1.29 is 28.8 Å². The lowest BCUT2D eigenvalue weighted by Gasteiger charge is -2.18. The Kier molecular flexibility index (Phi) is 14.5. The maximum absolute atomic E-state index is 9.01. The first-order valence-corrected chi connectivity index (χ1v) is 8.96. The Labute approximate surface area is 151 Å². The van der Waals surface area contributed by atoms with Gasteiger partial charge in [0.2, 0.25) is 0 Å². The average molecular weight is 356 g/mol. The van der Waals surface area contributed by atoms with Crippen LogP contribution in [0, 0.1) is 0 Å². The van der Waals surface area contributed by atoms with Gasteiger partial charge in [-0.05, 0) is 25.3 Å². The van der Waals surface area contributed by atoms with Gasteiger partial charge in [0.1, 0.15) is 6.79 Å². The molecule has 1 N–H and O–H groups in total. The molecule has 0 bridgehead atoms. The molecule has 6 nitrogen and oxygen atoms in total. The van der Waals surface area contributed by atoms with Gasteiger partial charge in [-0.3, -0.25) is 0 Å². The first-order chi connectivity index (χ1) is 12.4. The topological polar surface area (TPSA) is 66.4 Å². The van der Waals surface area contributed by atoms with Crippen LogP contribution in [0.2, 0.25) is 0 Å². The molecule has 1 atom stereocenters. The molecule has 0 saturated heterocycles. The molecule has 1 aromatic rings. The van der Waals surface area contributed by atoms with E-state index in [0.29, 0.717) is 52.7 Å². The van der Waals surface area contributed by atoms with Gasteiger partial charge >= 0.3 is 0 Å². The molecule has 144 valence electrons. The van der Waals surface area contributed by atoms with Gasteiger partial charge in [-0.2, -0.15) is 0 Å². The number of hydrogen-bond acceptors (Lipinski definition) is 6. The molecule has 0 heterocycles. The van der Waals surface area contributed by atoms with E-state index in [1.807, 2.05) is 37.3 Å². The Bertz CT molecular complexity index is 387. The summed E-state index contributed by atoms with van der Waals surface area (Å²) in [5.74, 6) is 0. The molecule has 1 aromatic carbocycles. The molecule has 0 aromatic heterocycles. The van der Waals surface area contributed by atoms with Crippen molar-refractivity contribution in [1.29, 1.82) is 0 Å². The van der Waals surface area contributed by atoms with Crippen LogP contribution in [0.3, 0.4) is 0 Å². The van der Waals surface area contributed by atoms with Gasteiger partial charge in [0, 0.05) is 13.2 Å². The van der Waals surface area contributed by atoms with Crippen LogP contribution < -0.4 is 0 Å². The summed E-state index contributed by atoms with van der Waals surface area (Å²) in [7, 11) is 0. The van der Waals surface area contributed by atoms with Crippen LogP contribution in [0.25, 0.3) is 0 Å². The van der Waals surface area contributed by atoms with Crippen LogP contribution in [0.1, 0.15) is 31.4 Å². The molecule has 0 amide bonds. The number of aliphatic hydroxyl groups excluding tert-OH is 1. The Morgan fingerprint density at radius 3 is 2.04 bits per heavy atom. The summed E-state index contributed by atoms with van der Waals surface area (Å²) in [6, 6.07) is 9.99. The summed E-state index contributed by atoms with van der Waals surface area (Å²) in [6.45, 7) is 6.33. The van der Waals surface area contributed by atoms with Crippen LogP contribution in [0.15, 0.2) is 30.3 Å². The van der Waals surface area contributed by atoms with Gasteiger partial charge < -0.3 is 28.8 Å². The van der Waals surface area contributed by atoms with E-state index < -0.39 is 0 Å². The van der Waals surface area contributed by atoms with E-state index in [4.69, 9.17) is 28.8 Å². The van der Waals surface area contributed by atoms with E-state index in [1.54, 1.807) is 0 Å². The number of benzene rings is 1. The van der Waals surface area contributed by atoms with Crippen LogP contribution in [0.4, 0.5) is 0 Å². The molecule has 0 radical (unpaired) electrons. The lowest BCUT2D eigenvalue weighted by atomic mass is 10.1. The van der Waals surface area contributed by atoms with Gasteiger partial charge in [0.25, 0.3) is 0 Å². The SMILES string of the molecule is CCOCCOCCOCCOCOC(CCCO)c1ccccc1. The predicted octanol–water partition coefficient (Wildman–Crippen LogP) is 2.56. The fraction of sp³-hybridized carbons (Fsp3) is 0.684. The molecule has 6 heteroatoms. The number of rotatable bonds is 17. The first kappa shape index (κ1) is 22.0. The highest BCUT2D eigenvalue weighted by atomic mass is 16.7. The molecule has 0 saturated carbocycles. The van der Waals surface area contributed by atoms with Gasteiger partial charge in [0.05, 0.1) is 45.7 Å². The van der Waals surface area contributed by atoms with Gasteiger partial charge in [-0.15, -0.1) is 0 Å². The second-order valence-electron chi connectivity index (χ2n) is 5.38. The van der Waals surface area contributed by atoms with Crippen molar-refractivity contribution in [2.45, 2.75) is 25.9 Å². The largest absolute Gasteiger partial charge is 0.396 e. The van der Waals surface area contributed by atoms with Crippen molar-refractivity contribution in [2.24, 2.45) is 0 Å². The zero-order valence-corrected chi connectivity index (χ0v) is 15.2. The van der Waals surface area contributed by atoms with E-state index in [9.17, 15) is 0 Å². The molecule has 1 rings (SSSR count). The van der Waals surface area contributed by atoms with Gasteiger partial charge in [-0.1, -0.05) is 30.3 Å². The van der Waals surface area contributed by atoms with Crippen molar-refractivity contribution in [3.05, 3.63) is 35.9 Å².